The number of urea groups is 1. The quantitative estimate of drug-likeness (QED) is 0.568. The van der Waals surface area contributed by atoms with Gasteiger partial charge in [0, 0.05) is 29.1 Å². The van der Waals surface area contributed by atoms with Crippen molar-refractivity contribution < 1.29 is 4.79 Å². The molecule has 0 spiro atoms. The molecule has 2 N–H and O–H groups in total. The maximum atomic E-state index is 12.3. The molecule has 0 atom stereocenters. The van der Waals surface area contributed by atoms with Crippen LogP contribution in [0.3, 0.4) is 0 Å². The van der Waals surface area contributed by atoms with Crippen molar-refractivity contribution in [3.63, 3.8) is 0 Å². The summed E-state index contributed by atoms with van der Waals surface area (Å²) in [7, 11) is 0. The van der Waals surface area contributed by atoms with E-state index >= 15 is 0 Å². The van der Waals surface area contributed by atoms with Crippen LogP contribution >= 0.6 is 11.6 Å². The Hall–Kier alpha value is -2.72. The number of carbonyl (C=O) groups excluding carboxylic acids is 1. The molecule has 146 valence electrons. The van der Waals surface area contributed by atoms with E-state index in [1.165, 1.54) is 22.3 Å². The smallest absolute Gasteiger partial charge is 0.319 e. The number of anilines is 1. The fraction of sp³-hybridized carbons (Fsp3) is 0.261. The first kappa shape index (κ1) is 20.0. The number of hydrogen-bond donors (Lipinski definition) is 2. The van der Waals surface area contributed by atoms with Gasteiger partial charge in [0.05, 0.1) is 6.54 Å². The predicted molar refractivity (Wildman–Crippen MR) is 116 cm³/mol. The van der Waals surface area contributed by atoms with Gasteiger partial charge in [0.25, 0.3) is 0 Å². The largest absolute Gasteiger partial charge is 0.345 e. The molecule has 0 unspecified atom stereocenters. The van der Waals surface area contributed by atoms with Crippen LogP contribution in [0.2, 0.25) is 5.02 Å². The van der Waals surface area contributed by atoms with E-state index in [4.69, 9.17) is 11.6 Å². The van der Waals surface area contributed by atoms with Crippen molar-refractivity contribution in [1.29, 1.82) is 0 Å². The molecule has 0 fully saturated rings. The molecular formula is C23H26ClN3O. The Bertz CT molecular complexity index is 984. The Balaban J connectivity index is 1.66. The number of halogens is 1. The molecule has 0 saturated heterocycles. The minimum atomic E-state index is -0.249. The maximum Gasteiger partial charge on any atom is 0.319 e. The van der Waals surface area contributed by atoms with Crippen LogP contribution in [0.25, 0.3) is 0 Å². The Labute approximate surface area is 171 Å². The van der Waals surface area contributed by atoms with Gasteiger partial charge < -0.3 is 15.2 Å². The van der Waals surface area contributed by atoms with Gasteiger partial charge in [-0.25, -0.2) is 4.79 Å². The molecule has 0 saturated carbocycles. The molecule has 0 aliphatic rings. The summed E-state index contributed by atoms with van der Waals surface area (Å²) in [5, 5.41) is 6.43. The molecule has 0 aliphatic carbocycles. The molecule has 3 rings (SSSR count). The Morgan fingerprint density at radius 1 is 1.04 bits per heavy atom. The second-order valence-corrected chi connectivity index (χ2v) is 7.63. The third-order valence-electron chi connectivity index (χ3n) is 5.04. The lowest BCUT2D eigenvalue weighted by Gasteiger charge is -2.16. The number of hydrogen-bond acceptors (Lipinski definition) is 1. The van der Waals surface area contributed by atoms with Crippen LogP contribution in [0.5, 0.6) is 0 Å². The van der Waals surface area contributed by atoms with Crippen molar-refractivity contribution in [2.24, 2.45) is 0 Å². The van der Waals surface area contributed by atoms with Crippen LogP contribution in [0, 0.1) is 27.7 Å². The molecule has 0 bridgehead atoms. The van der Waals surface area contributed by atoms with Gasteiger partial charge in [-0.2, -0.15) is 0 Å². The molecule has 3 aromatic rings. The van der Waals surface area contributed by atoms with E-state index in [2.05, 4.69) is 54.3 Å². The third kappa shape index (κ3) is 4.57. The fourth-order valence-electron chi connectivity index (χ4n) is 3.47. The summed E-state index contributed by atoms with van der Waals surface area (Å²) in [6.45, 7) is 9.54. The number of nitrogens with one attached hydrogen (secondary N) is 2. The number of aromatic nitrogens is 1. The topological polar surface area (TPSA) is 46.1 Å². The van der Waals surface area contributed by atoms with Crippen molar-refractivity contribution in [2.45, 2.75) is 40.8 Å². The fourth-order valence-corrected chi connectivity index (χ4v) is 3.65. The van der Waals surface area contributed by atoms with Crippen LogP contribution in [0.15, 0.2) is 48.7 Å². The molecular weight excluding hydrogens is 370 g/mol. The summed E-state index contributed by atoms with van der Waals surface area (Å²) < 4.78 is 2.18. The number of nitrogens with zero attached hydrogens (tertiary/aromatic N) is 1. The molecule has 0 radical (unpaired) electrons. The van der Waals surface area contributed by atoms with E-state index < -0.39 is 0 Å². The van der Waals surface area contributed by atoms with Crippen molar-refractivity contribution in [2.75, 3.05) is 5.32 Å². The molecule has 2 aromatic carbocycles. The van der Waals surface area contributed by atoms with E-state index in [1.807, 2.05) is 37.3 Å². The molecule has 4 nitrogen and oxygen atoms in total. The summed E-state index contributed by atoms with van der Waals surface area (Å²) in [4.78, 5) is 12.3. The number of aryl methyl sites for hydroxylation is 3. The van der Waals surface area contributed by atoms with Gasteiger partial charge in [-0.1, -0.05) is 35.4 Å². The SMILES string of the molecule is Cc1cc(C)c(Cn2cccc2CNC(=O)Nc2cccc(Cl)c2C)c(C)c1. The first-order chi connectivity index (χ1) is 13.3. The average Bonchev–Trinajstić information content (AvgIpc) is 3.07. The number of carbonyl (C=O) groups is 1. The standard InChI is InChI=1S/C23H26ClN3O/c1-15-11-16(2)20(17(3)12-15)14-27-10-6-7-19(27)13-25-23(28)26-22-9-5-8-21(24)18(22)4/h5-12H,13-14H2,1-4H3,(H2,25,26,28). The minimum Gasteiger partial charge on any atom is -0.345 e. The van der Waals surface area contributed by atoms with Crippen LogP contribution in [-0.2, 0) is 13.1 Å². The second-order valence-electron chi connectivity index (χ2n) is 7.22. The van der Waals surface area contributed by atoms with Gasteiger partial charge in [-0.3, -0.25) is 0 Å². The third-order valence-corrected chi connectivity index (χ3v) is 5.45. The first-order valence-corrected chi connectivity index (χ1v) is 9.73. The summed E-state index contributed by atoms with van der Waals surface area (Å²) >= 11 is 6.11. The highest BCUT2D eigenvalue weighted by atomic mass is 35.5. The van der Waals surface area contributed by atoms with E-state index in [0.29, 0.717) is 17.3 Å². The first-order valence-electron chi connectivity index (χ1n) is 9.36. The predicted octanol–water partition coefficient (Wildman–Crippen LogP) is 5.75. The number of rotatable bonds is 5. The zero-order valence-corrected chi connectivity index (χ0v) is 17.5. The molecule has 28 heavy (non-hydrogen) atoms. The van der Waals surface area contributed by atoms with Gasteiger partial charge in [-0.05, 0) is 74.2 Å². The average molecular weight is 396 g/mol. The summed E-state index contributed by atoms with van der Waals surface area (Å²) in [6.07, 6.45) is 2.05. The molecule has 0 aliphatic heterocycles. The maximum absolute atomic E-state index is 12.3. The van der Waals surface area contributed by atoms with E-state index in [9.17, 15) is 4.79 Å². The number of benzene rings is 2. The molecule has 1 heterocycles. The lowest BCUT2D eigenvalue weighted by Crippen LogP contribution is -2.29. The van der Waals surface area contributed by atoms with Gasteiger partial charge in [-0.15, -0.1) is 0 Å². The summed E-state index contributed by atoms with van der Waals surface area (Å²) in [6, 6.07) is 13.7. The normalized spacial score (nSPS) is 10.8. The highest BCUT2D eigenvalue weighted by Crippen LogP contribution is 2.23. The lowest BCUT2D eigenvalue weighted by molar-refractivity contribution is 0.251. The molecule has 2 amide bonds. The van der Waals surface area contributed by atoms with Crippen molar-refractivity contribution in [3.05, 3.63) is 87.2 Å². The highest BCUT2D eigenvalue weighted by molar-refractivity contribution is 6.31. The minimum absolute atomic E-state index is 0.249. The zero-order valence-electron chi connectivity index (χ0n) is 16.8. The van der Waals surface area contributed by atoms with Gasteiger partial charge in [0.1, 0.15) is 0 Å². The number of amides is 2. The van der Waals surface area contributed by atoms with Crippen molar-refractivity contribution in [3.8, 4) is 0 Å². The van der Waals surface area contributed by atoms with Gasteiger partial charge in [0.15, 0.2) is 0 Å². The van der Waals surface area contributed by atoms with Crippen molar-refractivity contribution >= 4 is 23.3 Å². The van der Waals surface area contributed by atoms with Gasteiger partial charge in [0.2, 0.25) is 0 Å². The van der Waals surface area contributed by atoms with Gasteiger partial charge >= 0.3 is 6.03 Å². The van der Waals surface area contributed by atoms with Crippen LogP contribution < -0.4 is 10.6 Å². The van der Waals surface area contributed by atoms with Crippen LogP contribution in [0.1, 0.15) is 33.5 Å². The van der Waals surface area contributed by atoms with Crippen LogP contribution in [0.4, 0.5) is 10.5 Å². The summed E-state index contributed by atoms with van der Waals surface area (Å²) in [5.74, 6) is 0. The Morgan fingerprint density at radius 3 is 2.46 bits per heavy atom. The Kier molecular flexibility index (Phi) is 6.10. The lowest BCUT2D eigenvalue weighted by atomic mass is 10.00. The molecule has 5 heteroatoms. The highest BCUT2D eigenvalue weighted by Gasteiger charge is 2.10. The summed E-state index contributed by atoms with van der Waals surface area (Å²) in [5.41, 5.74) is 7.80. The Morgan fingerprint density at radius 2 is 1.75 bits per heavy atom. The van der Waals surface area contributed by atoms with Crippen molar-refractivity contribution in [1.82, 2.24) is 9.88 Å². The van der Waals surface area contributed by atoms with E-state index in [1.54, 1.807) is 0 Å². The second kappa shape index (κ2) is 8.53. The van der Waals surface area contributed by atoms with E-state index in [0.717, 1.165) is 17.8 Å². The molecule has 1 aromatic heterocycles. The van der Waals surface area contributed by atoms with E-state index in [-0.39, 0.29) is 6.03 Å². The monoisotopic (exact) mass is 395 g/mol. The zero-order chi connectivity index (χ0) is 20.3. The van der Waals surface area contributed by atoms with Crippen LogP contribution in [-0.4, -0.2) is 10.6 Å².